The van der Waals surface area contributed by atoms with Crippen LogP contribution in [0.3, 0.4) is 0 Å². The highest BCUT2D eigenvalue weighted by molar-refractivity contribution is 7.91. The van der Waals surface area contributed by atoms with Crippen LogP contribution in [0.2, 0.25) is 0 Å². The molecule has 2 aliphatic heterocycles. The number of hydrogen-bond acceptors (Lipinski definition) is 3. The molecule has 0 N–H and O–H groups in total. The van der Waals surface area contributed by atoms with Gasteiger partial charge in [-0.2, -0.15) is 0 Å². The molecular formula is C17H23NO3S. The summed E-state index contributed by atoms with van der Waals surface area (Å²) in [6.45, 7) is 0.771. The molecule has 1 aromatic rings. The zero-order chi connectivity index (χ0) is 15.6. The summed E-state index contributed by atoms with van der Waals surface area (Å²) in [5.41, 5.74) is 1.24. The molecule has 3 rings (SSSR count). The van der Waals surface area contributed by atoms with Crippen LogP contribution in [0.4, 0.5) is 0 Å². The van der Waals surface area contributed by atoms with Crippen molar-refractivity contribution in [2.45, 2.75) is 38.1 Å². The molecule has 2 unspecified atom stereocenters. The Morgan fingerprint density at radius 3 is 2.59 bits per heavy atom. The molecule has 2 saturated heterocycles. The number of piperidine rings is 1. The summed E-state index contributed by atoms with van der Waals surface area (Å²) in [6, 6.07) is 10.4. The highest BCUT2D eigenvalue weighted by Crippen LogP contribution is 2.27. The lowest BCUT2D eigenvalue weighted by molar-refractivity contribution is -0.138. The Labute approximate surface area is 132 Å². The molecule has 2 heterocycles. The molecule has 0 aliphatic carbocycles. The van der Waals surface area contributed by atoms with Crippen molar-refractivity contribution in [1.82, 2.24) is 4.90 Å². The lowest BCUT2D eigenvalue weighted by atomic mass is 9.94. The molecule has 2 fully saturated rings. The number of hydrogen-bond donors (Lipinski definition) is 0. The molecule has 22 heavy (non-hydrogen) atoms. The summed E-state index contributed by atoms with van der Waals surface area (Å²) in [6.07, 6.45) is 4.54. The van der Waals surface area contributed by atoms with E-state index in [1.54, 1.807) is 0 Å². The van der Waals surface area contributed by atoms with Gasteiger partial charge in [-0.1, -0.05) is 30.3 Å². The predicted molar refractivity (Wildman–Crippen MR) is 86.3 cm³/mol. The predicted octanol–water partition coefficient (Wildman–Crippen LogP) is 2.04. The van der Waals surface area contributed by atoms with Gasteiger partial charge < -0.3 is 4.90 Å². The molecule has 0 radical (unpaired) electrons. The maximum Gasteiger partial charge on any atom is 0.226 e. The number of sulfone groups is 1. The summed E-state index contributed by atoms with van der Waals surface area (Å²) < 4.78 is 23.3. The minimum atomic E-state index is -3.00. The summed E-state index contributed by atoms with van der Waals surface area (Å²) >= 11 is 0. The van der Waals surface area contributed by atoms with Crippen molar-refractivity contribution in [2.24, 2.45) is 5.92 Å². The van der Waals surface area contributed by atoms with Gasteiger partial charge >= 0.3 is 0 Å². The van der Waals surface area contributed by atoms with E-state index < -0.39 is 9.84 Å². The molecule has 1 amide bonds. The van der Waals surface area contributed by atoms with Gasteiger partial charge in [0.2, 0.25) is 5.91 Å². The van der Waals surface area contributed by atoms with Crippen LogP contribution in [0.25, 0.3) is 0 Å². The number of amides is 1. The van der Waals surface area contributed by atoms with Crippen LogP contribution in [0, 0.1) is 5.92 Å². The van der Waals surface area contributed by atoms with E-state index >= 15 is 0 Å². The van der Waals surface area contributed by atoms with Crippen molar-refractivity contribution in [3.63, 3.8) is 0 Å². The topological polar surface area (TPSA) is 54.5 Å². The van der Waals surface area contributed by atoms with Crippen LogP contribution in [0.5, 0.6) is 0 Å². The van der Waals surface area contributed by atoms with E-state index in [9.17, 15) is 13.2 Å². The van der Waals surface area contributed by atoms with Crippen molar-refractivity contribution < 1.29 is 13.2 Å². The minimum absolute atomic E-state index is 0.0421. The van der Waals surface area contributed by atoms with Crippen LogP contribution in [0.1, 0.15) is 31.2 Å². The molecule has 2 aliphatic rings. The Balaban J connectivity index is 1.71. The van der Waals surface area contributed by atoms with E-state index in [-0.39, 0.29) is 29.4 Å². The van der Waals surface area contributed by atoms with Gasteiger partial charge in [-0.3, -0.25) is 4.79 Å². The average Bonchev–Trinajstić information content (AvgIpc) is 2.88. The summed E-state index contributed by atoms with van der Waals surface area (Å²) in [5.74, 6) is -0.0517. The molecule has 0 saturated carbocycles. The van der Waals surface area contributed by atoms with Crippen molar-refractivity contribution in [3.8, 4) is 0 Å². The second kappa shape index (κ2) is 6.41. The number of carbonyl (C=O) groups is 1. The molecule has 0 bridgehead atoms. The van der Waals surface area contributed by atoms with E-state index in [2.05, 4.69) is 12.1 Å². The Morgan fingerprint density at radius 2 is 1.91 bits per heavy atom. The van der Waals surface area contributed by atoms with Crippen molar-refractivity contribution in [1.29, 1.82) is 0 Å². The Morgan fingerprint density at radius 1 is 1.14 bits per heavy atom. The van der Waals surface area contributed by atoms with E-state index in [0.29, 0.717) is 6.42 Å². The molecule has 2 atom stereocenters. The van der Waals surface area contributed by atoms with Crippen LogP contribution in [-0.2, 0) is 21.1 Å². The van der Waals surface area contributed by atoms with E-state index in [1.807, 2.05) is 23.1 Å². The van der Waals surface area contributed by atoms with Crippen LogP contribution >= 0.6 is 0 Å². The van der Waals surface area contributed by atoms with Gasteiger partial charge in [0.1, 0.15) is 0 Å². The number of likely N-dealkylation sites (tertiary alicyclic amines) is 1. The average molecular weight is 321 g/mol. The van der Waals surface area contributed by atoms with Gasteiger partial charge in [0, 0.05) is 12.6 Å². The summed E-state index contributed by atoms with van der Waals surface area (Å²) in [7, 11) is -3.00. The van der Waals surface area contributed by atoms with Crippen LogP contribution < -0.4 is 0 Å². The second-order valence-corrected chi connectivity index (χ2v) is 8.70. The minimum Gasteiger partial charge on any atom is -0.339 e. The number of rotatable bonds is 3. The number of benzene rings is 1. The highest BCUT2D eigenvalue weighted by Gasteiger charge is 2.38. The van der Waals surface area contributed by atoms with Gasteiger partial charge in [0.05, 0.1) is 17.4 Å². The third kappa shape index (κ3) is 3.51. The largest absolute Gasteiger partial charge is 0.339 e. The molecule has 4 nitrogen and oxygen atoms in total. The Kier molecular flexibility index (Phi) is 4.52. The van der Waals surface area contributed by atoms with E-state index in [1.165, 1.54) is 5.56 Å². The van der Waals surface area contributed by atoms with Crippen molar-refractivity contribution in [2.75, 3.05) is 18.1 Å². The standard InChI is InChI=1S/C17H23NO3S/c19-17(15-9-11-22(20,21)13-15)18-10-5-4-8-16(18)12-14-6-2-1-3-7-14/h1-3,6-7,15-16H,4-5,8-13H2. The Hall–Kier alpha value is -1.36. The third-order valence-electron chi connectivity index (χ3n) is 4.81. The molecule has 120 valence electrons. The Bertz CT molecular complexity index is 627. The number of carbonyl (C=O) groups excluding carboxylic acids is 1. The SMILES string of the molecule is O=C(C1CCS(=O)(=O)C1)N1CCCCC1Cc1ccccc1. The smallest absolute Gasteiger partial charge is 0.226 e. The van der Waals surface area contributed by atoms with Crippen LogP contribution in [0.15, 0.2) is 30.3 Å². The first-order chi connectivity index (χ1) is 10.6. The first kappa shape index (κ1) is 15.5. The first-order valence-electron chi connectivity index (χ1n) is 8.10. The lowest BCUT2D eigenvalue weighted by Crippen LogP contribution is -2.47. The zero-order valence-corrected chi connectivity index (χ0v) is 13.6. The quantitative estimate of drug-likeness (QED) is 0.856. The van der Waals surface area contributed by atoms with Gasteiger partial charge in [0.25, 0.3) is 0 Å². The lowest BCUT2D eigenvalue weighted by Gasteiger charge is -2.37. The van der Waals surface area contributed by atoms with Gasteiger partial charge in [-0.15, -0.1) is 0 Å². The molecule has 1 aromatic carbocycles. The van der Waals surface area contributed by atoms with Gasteiger partial charge in [-0.25, -0.2) is 8.42 Å². The molecule has 0 spiro atoms. The van der Waals surface area contributed by atoms with Gasteiger partial charge in [0.15, 0.2) is 9.84 Å². The van der Waals surface area contributed by atoms with Crippen molar-refractivity contribution >= 4 is 15.7 Å². The van der Waals surface area contributed by atoms with E-state index in [4.69, 9.17) is 0 Å². The van der Waals surface area contributed by atoms with Gasteiger partial charge in [-0.05, 0) is 37.7 Å². The second-order valence-electron chi connectivity index (χ2n) is 6.47. The fourth-order valence-corrected chi connectivity index (χ4v) is 5.35. The maximum absolute atomic E-state index is 12.8. The van der Waals surface area contributed by atoms with E-state index in [0.717, 1.165) is 32.2 Å². The van der Waals surface area contributed by atoms with Crippen molar-refractivity contribution in [3.05, 3.63) is 35.9 Å². The fraction of sp³-hybridized carbons (Fsp3) is 0.588. The molecule has 0 aromatic heterocycles. The molecule has 5 heteroatoms. The fourth-order valence-electron chi connectivity index (χ4n) is 3.61. The van der Waals surface area contributed by atoms with Crippen LogP contribution in [-0.4, -0.2) is 43.3 Å². The normalized spacial score (nSPS) is 27.7. The zero-order valence-electron chi connectivity index (χ0n) is 12.8. The highest BCUT2D eigenvalue weighted by atomic mass is 32.2. The number of nitrogens with zero attached hydrogens (tertiary/aromatic N) is 1. The maximum atomic E-state index is 12.8. The molecular weight excluding hydrogens is 298 g/mol. The third-order valence-corrected chi connectivity index (χ3v) is 6.57. The first-order valence-corrected chi connectivity index (χ1v) is 9.92. The summed E-state index contributed by atoms with van der Waals surface area (Å²) in [4.78, 5) is 14.7. The monoisotopic (exact) mass is 321 g/mol. The summed E-state index contributed by atoms with van der Waals surface area (Å²) in [5, 5.41) is 0.